The van der Waals surface area contributed by atoms with Gasteiger partial charge in [-0.05, 0) is 0 Å². The molecule has 0 aromatic heterocycles. The van der Waals surface area contributed by atoms with E-state index in [2.05, 4.69) is 93.9 Å². The molecule has 0 spiro atoms. The zero-order valence-corrected chi connectivity index (χ0v) is 28.2. The zero-order chi connectivity index (χ0) is 23.4. The number of fused-ring (bicyclic) bond motifs is 3. The van der Waals surface area contributed by atoms with Gasteiger partial charge in [0.15, 0.2) is 0 Å². The summed E-state index contributed by atoms with van der Waals surface area (Å²) >= 11 is -2.04. The first-order valence-electron chi connectivity index (χ1n) is 13.0. The standard InChI is InChI=1S/C19H25Si2.C6H10.C5H5.2ClH.Zr/c1-20(2,3)16-9-7-14-11-15-8-10-17(21(4,5)6)13-19(15)18(14)12-16;1-2-4-6-5-3-1;1-2-4-5-3-1;;;/h7-13H,1-6H3;1-5H2;1-3H,4H2;2*1H;/q;;;;;+2/p-2. The maximum Gasteiger partial charge on any atom is -1.00 e. The Morgan fingerprint density at radius 2 is 1.23 bits per heavy atom. The number of halogens is 2. The van der Waals surface area contributed by atoms with Gasteiger partial charge in [0.2, 0.25) is 0 Å². The molecule has 186 valence electrons. The molecule has 2 aromatic carbocycles. The van der Waals surface area contributed by atoms with Crippen LogP contribution in [0, 0.1) is 0 Å². The molecule has 5 rings (SSSR count). The molecule has 0 amide bonds. The van der Waals surface area contributed by atoms with Gasteiger partial charge in [0.05, 0.1) is 0 Å². The Labute approximate surface area is 235 Å². The molecular formula is C30H40Cl2Si2Zr. The van der Waals surface area contributed by atoms with Crippen LogP contribution in [0.15, 0.2) is 57.9 Å². The Kier molecular flexibility index (Phi) is 9.36. The van der Waals surface area contributed by atoms with Crippen molar-refractivity contribution in [2.45, 2.75) is 81.4 Å². The molecule has 0 heterocycles. The second-order valence-electron chi connectivity index (χ2n) is 12.4. The molecule has 35 heavy (non-hydrogen) atoms. The minimum atomic E-state index is -2.04. The minimum Gasteiger partial charge on any atom is -1.00 e. The van der Waals surface area contributed by atoms with E-state index in [0.717, 1.165) is 0 Å². The molecule has 0 atom stereocenters. The van der Waals surface area contributed by atoms with Crippen LogP contribution >= 0.6 is 0 Å². The molecule has 0 unspecified atom stereocenters. The second kappa shape index (κ2) is 11.2. The first kappa shape index (κ1) is 29.2. The molecule has 0 radical (unpaired) electrons. The molecule has 1 saturated carbocycles. The Balaban J connectivity index is 0.00000171. The van der Waals surface area contributed by atoms with Crippen molar-refractivity contribution in [1.82, 2.24) is 0 Å². The fraction of sp³-hybridized carbons (Fsp3) is 0.433. The fourth-order valence-electron chi connectivity index (χ4n) is 6.01. The molecule has 0 bridgehead atoms. The minimum absolute atomic E-state index is 0. The first-order valence-corrected chi connectivity index (χ1v) is 23.9. The van der Waals surface area contributed by atoms with Gasteiger partial charge in [-0.2, -0.15) is 0 Å². The van der Waals surface area contributed by atoms with Crippen LogP contribution in [0.4, 0.5) is 0 Å². The van der Waals surface area contributed by atoms with Crippen molar-refractivity contribution in [3.8, 4) is 11.1 Å². The Bertz CT molecular complexity index is 1120. The number of benzene rings is 2. The van der Waals surface area contributed by atoms with Crippen molar-refractivity contribution in [1.29, 1.82) is 0 Å². The van der Waals surface area contributed by atoms with Crippen molar-refractivity contribution in [3.63, 3.8) is 0 Å². The molecule has 0 nitrogen and oxygen atoms in total. The Hall–Kier alpha value is -0.313. The summed E-state index contributed by atoms with van der Waals surface area (Å²) in [6.07, 6.45) is 15.6. The monoisotopic (exact) mass is 616 g/mol. The predicted molar refractivity (Wildman–Crippen MR) is 150 cm³/mol. The number of allylic oxidation sites excluding steroid dienone is 4. The topological polar surface area (TPSA) is 0 Å². The van der Waals surface area contributed by atoms with Gasteiger partial charge in [0.1, 0.15) is 0 Å². The average Bonchev–Trinajstić information content (AvgIpc) is 3.40. The van der Waals surface area contributed by atoms with Crippen LogP contribution < -0.4 is 35.2 Å². The normalized spacial score (nSPS) is 17.1. The van der Waals surface area contributed by atoms with E-state index < -0.39 is 37.4 Å². The second-order valence-corrected chi connectivity index (χ2v) is 29.4. The van der Waals surface area contributed by atoms with Gasteiger partial charge < -0.3 is 24.8 Å². The first-order chi connectivity index (χ1) is 15.6. The molecule has 3 aliphatic rings. The third kappa shape index (κ3) is 5.75. The summed E-state index contributed by atoms with van der Waals surface area (Å²) < 4.78 is 4.55. The maximum absolute atomic E-state index is 2.63. The molecule has 0 aliphatic heterocycles. The van der Waals surface area contributed by atoms with Gasteiger partial charge in [-0.3, -0.25) is 0 Å². The SMILES string of the molecule is C[Si](C)(C)c1ccc2c(c1)-c1cc([Si](C)(C)C)ccc1[CH]2[Zr+2]([C]1=CC=CC1)=[C]1CCCCC1.[Cl-].[Cl-]. The van der Waals surface area contributed by atoms with E-state index in [1.165, 1.54) is 38.5 Å². The third-order valence-electron chi connectivity index (χ3n) is 7.99. The molecule has 0 N–H and O–H groups in total. The quantitative estimate of drug-likeness (QED) is 0.456. The van der Waals surface area contributed by atoms with Gasteiger partial charge in [0, 0.05) is 0 Å². The van der Waals surface area contributed by atoms with Crippen molar-refractivity contribution in [2.75, 3.05) is 0 Å². The van der Waals surface area contributed by atoms with Gasteiger partial charge >= 0.3 is 213 Å². The van der Waals surface area contributed by atoms with Gasteiger partial charge in [-0.15, -0.1) is 0 Å². The van der Waals surface area contributed by atoms with Crippen molar-refractivity contribution in [3.05, 3.63) is 69.0 Å². The van der Waals surface area contributed by atoms with Crippen LogP contribution in [0.5, 0.6) is 0 Å². The van der Waals surface area contributed by atoms with Gasteiger partial charge in [-0.25, -0.2) is 0 Å². The average molecular weight is 619 g/mol. The predicted octanol–water partition coefficient (Wildman–Crippen LogP) is 1.45. The van der Waals surface area contributed by atoms with Crippen LogP contribution in [0.3, 0.4) is 0 Å². The van der Waals surface area contributed by atoms with Crippen LogP contribution in [0.2, 0.25) is 39.3 Å². The van der Waals surface area contributed by atoms with Crippen LogP contribution in [-0.2, 0) is 21.3 Å². The summed E-state index contributed by atoms with van der Waals surface area (Å²) in [4.78, 5) is 0. The zero-order valence-electron chi connectivity index (χ0n) is 22.3. The van der Waals surface area contributed by atoms with E-state index in [0.29, 0.717) is 3.63 Å². The van der Waals surface area contributed by atoms with Crippen molar-refractivity contribution >= 4 is 29.7 Å². The number of hydrogen-bond acceptors (Lipinski definition) is 0. The van der Waals surface area contributed by atoms with E-state index in [1.807, 2.05) is 6.49 Å². The molecule has 2 aromatic rings. The van der Waals surface area contributed by atoms with E-state index >= 15 is 0 Å². The smallest absolute Gasteiger partial charge is 1.00 e. The van der Waals surface area contributed by atoms with Crippen molar-refractivity contribution < 1.29 is 46.1 Å². The summed E-state index contributed by atoms with van der Waals surface area (Å²) in [5.74, 6) is 0. The molecule has 0 saturated heterocycles. The number of rotatable bonds is 4. The Morgan fingerprint density at radius 3 is 1.66 bits per heavy atom. The fourth-order valence-corrected chi connectivity index (χ4v) is 17.8. The Morgan fingerprint density at radius 1 is 0.714 bits per heavy atom. The summed E-state index contributed by atoms with van der Waals surface area (Å²) in [6.45, 7) is 15.0. The maximum atomic E-state index is 2.63. The summed E-state index contributed by atoms with van der Waals surface area (Å²) in [5, 5.41) is 3.23. The van der Waals surface area contributed by atoms with E-state index in [9.17, 15) is 0 Å². The van der Waals surface area contributed by atoms with Crippen molar-refractivity contribution in [2.24, 2.45) is 0 Å². The number of hydrogen-bond donors (Lipinski definition) is 0. The van der Waals surface area contributed by atoms with E-state index in [4.69, 9.17) is 0 Å². The molecule has 5 heteroatoms. The summed E-state index contributed by atoms with van der Waals surface area (Å²) in [7, 11) is -2.71. The van der Waals surface area contributed by atoms with E-state index in [-0.39, 0.29) is 24.8 Å². The summed E-state index contributed by atoms with van der Waals surface area (Å²) in [6, 6.07) is 15.4. The van der Waals surface area contributed by atoms with Gasteiger partial charge in [-0.1, -0.05) is 0 Å². The largest absolute Gasteiger partial charge is 1.00 e. The van der Waals surface area contributed by atoms with E-state index in [1.54, 1.807) is 32.6 Å². The van der Waals surface area contributed by atoms with Crippen LogP contribution in [0.1, 0.15) is 53.3 Å². The van der Waals surface area contributed by atoms with Gasteiger partial charge in [0.25, 0.3) is 0 Å². The molecule has 1 fully saturated rings. The molecular weight excluding hydrogens is 579 g/mol. The third-order valence-corrected chi connectivity index (χ3v) is 20.7. The van der Waals surface area contributed by atoms with Crippen LogP contribution in [0.25, 0.3) is 11.1 Å². The molecule has 3 aliphatic carbocycles. The van der Waals surface area contributed by atoms with Crippen LogP contribution in [-0.4, -0.2) is 19.4 Å². The summed E-state index contributed by atoms with van der Waals surface area (Å²) in [5.41, 5.74) is 6.55.